The van der Waals surface area contributed by atoms with Crippen LogP contribution in [0.4, 0.5) is 11.1 Å². The van der Waals surface area contributed by atoms with Gasteiger partial charge < -0.3 is 10.6 Å². The van der Waals surface area contributed by atoms with Crippen LogP contribution in [0.1, 0.15) is 55.7 Å². The third-order valence-electron chi connectivity index (χ3n) is 4.34. The molecule has 0 saturated carbocycles. The van der Waals surface area contributed by atoms with Gasteiger partial charge in [-0.25, -0.2) is 15.0 Å². The number of anilines is 2. The number of thiazole rings is 1. The van der Waals surface area contributed by atoms with Crippen molar-refractivity contribution in [2.75, 3.05) is 25.0 Å². The molecule has 3 rings (SSSR count). The first kappa shape index (κ1) is 20.2. The van der Waals surface area contributed by atoms with E-state index in [1.165, 1.54) is 11.3 Å². The third kappa shape index (κ3) is 5.47. The van der Waals surface area contributed by atoms with E-state index in [2.05, 4.69) is 36.6 Å². The molecular weight excluding hydrogens is 374 g/mol. The number of nitrogens with one attached hydrogen (secondary N) is 2. The van der Waals surface area contributed by atoms with Gasteiger partial charge in [-0.1, -0.05) is 0 Å². The Morgan fingerprint density at radius 2 is 2.25 bits per heavy atom. The highest BCUT2D eigenvalue weighted by Gasteiger charge is 2.23. The normalized spacial score (nSPS) is 17.7. The minimum absolute atomic E-state index is 0.203. The molecule has 28 heavy (non-hydrogen) atoms. The van der Waals surface area contributed by atoms with Crippen LogP contribution in [0.5, 0.6) is 0 Å². The maximum Gasteiger partial charge on any atom is 0.271 e. The van der Waals surface area contributed by atoms with Crippen LogP contribution in [0.15, 0.2) is 17.6 Å². The minimum Gasteiger partial charge on any atom is -0.346 e. The molecule has 2 aromatic heterocycles. The highest BCUT2D eigenvalue weighted by molar-refractivity contribution is 7.14. The van der Waals surface area contributed by atoms with Crippen LogP contribution in [0.2, 0.25) is 0 Å². The van der Waals surface area contributed by atoms with E-state index in [4.69, 9.17) is 5.26 Å². The number of carbonyl (C=O) groups is 1. The molecule has 3 heterocycles. The van der Waals surface area contributed by atoms with Crippen molar-refractivity contribution < 1.29 is 4.79 Å². The Morgan fingerprint density at radius 3 is 3.00 bits per heavy atom. The van der Waals surface area contributed by atoms with Crippen molar-refractivity contribution in [1.29, 1.82) is 5.26 Å². The molecule has 148 valence electrons. The summed E-state index contributed by atoms with van der Waals surface area (Å²) in [5.74, 6) is 0.549. The van der Waals surface area contributed by atoms with Crippen molar-refractivity contribution in [2.45, 2.75) is 45.1 Å². The number of hydrogen-bond acceptors (Lipinski definition) is 8. The smallest absolute Gasteiger partial charge is 0.271 e. The van der Waals surface area contributed by atoms with Crippen molar-refractivity contribution in [1.82, 2.24) is 25.2 Å². The van der Waals surface area contributed by atoms with Gasteiger partial charge >= 0.3 is 0 Å². The zero-order valence-electron chi connectivity index (χ0n) is 16.4. The number of rotatable bonds is 5. The topological polar surface area (TPSA) is 107 Å². The van der Waals surface area contributed by atoms with Gasteiger partial charge in [0.25, 0.3) is 5.91 Å². The van der Waals surface area contributed by atoms with E-state index < -0.39 is 0 Å². The van der Waals surface area contributed by atoms with Gasteiger partial charge in [-0.05, 0) is 46.2 Å². The van der Waals surface area contributed by atoms with E-state index in [-0.39, 0.29) is 17.4 Å². The minimum atomic E-state index is -0.314. The second kappa shape index (κ2) is 8.63. The average molecular weight is 400 g/mol. The number of nitrogens with zero attached hydrogens (tertiary/aromatic N) is 5. The van der Waals surface area contributed by atoms with E-state index in [1.54, 1.807) is 11.6 Å². The van der Waals surface area contributed by atoms with Crippen molar-refractivity contribution in [3.8, 4) is 6.07 Å². The molecule has 9 heteroatoms. The number of carbonyl (C=O) groups excluding carboxylic acids is 1. The molecule has 8 nitrogen and oxygen atoms in total. The Kier molecular flexibility index (Phi) is 6.21. The molecule has 1 aliphatic rings. The molecule has 0 bridgehead atoms. The van der Waals surface area contributed by atoms with Crippen LogP contribution in [0.25, 0.3) is 0 Å². The number of piperidine rings is 1. The Balaban J connectivity index is 1.67. The molecular formula is C19H25N7OS. The summed E-state index contributed by atoms with van der Waals surface area (Å²) in [6.07, 6.45) is 3.83. The SMILES string of the molecule is CC(C)(C)NC(=O)c1csc(Nc2nccc([C@H]3CCCN(CC#N)C3)n2)n1. The van der Waals surface area contributed by atoms with Crippen molar-refractivity contribution >= 4 is 28.3 Å². The van der Waals surface area contributed by atoms with Crippen LogP contribution < -0.4 is 10.6 Å². The first-order chi connectivity index (χ1) is 13.3. The number of nitriles is 1. The quantitative estimate of drug-likeness (QED) is 0.744. The molecule has 2 N–H and O–H groups in total. The Morgan fingerprint density at radius 1 is 1.43 bits per heavy atom. The van der Waals surface area contributed by atoms with Gasteiger partial charge in [-0.15, -0.1) is 11.3 Å². The summed E-state index contributed by atoms with van der Waals surface area (Å²) < 4.78 is 0. The molecule has 1 fully saturated rings. The maximum absolute atomic E-state index is 12.2. The third-order valence-corrected chi connectivity index (χ3v) is 5.10. The number of likely N-dealkylation sites (tertiary alicyclic amines) is 1. The summed E-state index contributed by atoms with van der Waals surface area (Å²) in [4.78, 5) is 27.6. The second-order valence-electron chi connectivity index (χ2n) is 7.90. The highest BCUT2D eigenvalue weighted by atomic mass is 32.1. The van der Waals surface area contributed by atoms with Gasteiger partial charge in [0.1, 0.15) is 5.69 Å². The molecule has 1 atom stereocenters. The molecule has 1 saturated heterocycles. The zero-order chi connectivity index (χ0) is 20.1. The van der Waals surface area contributed by atoms with Crippen molar-refractivity contribution in [3.05, 3.63) is 29.0 Å². The summed E-state index contributed by atoms with van der Waals surface area (Å²) in [6, 6.07) is 4.15. The lowest BCUT2D eigenvalue weighted by Crippen LogP contribution is -2.40. The lowest BCUT2D eigenvalue weighted by Gasteiger charge is -2.30. The fourth-order valence-corrected chi connectivity index (χ4v) is 3.82. The molecule has 0 spiro atoms. The van der Waals surface area contributed by atoms with Gasteiger partial charge in [-0.3, -0.25) is 9.69 Å². The van der Waals surface area contributed by atoms with E-state index >= 15 is 0 Å². The fraction of sp³-hybridized carbons (Fsp3) is 0.526. The summed E-state index contributed by atoms with van der Waals surface area (Å²) in [5.41, 5.74) is 1.02. The van der Waals surface area contributed by atoms with Gasteiger partial charge in [0.15, 0.2) is 5.13 Å². The highest BCUT2D eigenvalue weighted by Crippen LogP contribution is 2.26. The summed E-state index contributed by atoms with van der Waals surface area (Å²) in [7, 11) is 0. The van der Waals surface area contributed by atoms with Gasteiger partial charge in [0.2, 0.25) is 5.95 Å². The molecule has 1 aliphatic heterocycles. The summed E-state index contributed by atoms with van der Waals surface area (Å²) in [5, 5.41) is 17.2. The molecule has 0 unspecified atom stereocenters. The van der Waals surface area contributed by atoms with E-state index in [0.29, 0.717) is 23.3 Å². The van der Waals surface area contributed by atoms with Crippen LogP contribution in [-0.2, 0) is 0 Å². The monoisotopic (exact) mass is 399 g/mol. The van der Waals surface area contributed by atoms with Gasteiger partial charge in [0.05, 0.1) is 18.3 Å². The molecule has 1 amide bonds. The summed E-state index contributed by atoms with van der Waals surface area (Å²) in [6.45, 7) is 8.03. The van der Waals surface area contributed by atoms with E-state index in [9.17, 15) is 4.79 Å². The van der Waals surface area contributed by atoms with Crippen LogP contribution in [-0.4, -0.2) is 50.9 Å². The largest absolute Gasteiger partial charge is 0.346 e. The second-order valence-corrected chi connectivity index (χ2v) is 8.76. The van der Waals surface area contributed by atoms with Crippen LogP contribution in [0.3, 0.4) is 0 Å². The number of amides is 1. The lowest BCUT2D eigenvalue weighted by molar-refractivity contribution is 0.0915. The van der Waals surface area contributed by atoms with Gasteiger partial charge in [0, 0.05) is 29.6 Å². The Hall–Kier alpha value is -2.57. The first-order valence-corrected chi connectivity index (χ1v) is 10.2. The van der Waals surface area contributed by atoms with E-state index in [1.807, 2.05) is 26.8 Å². The molecule has 2 aromatic rings. The van der Waals surface area contributed by atoms with Crippen LogP contribution >= 0.6 is 11.3 Å². The van der Waals surface area contributed by atoms with E-state index in [0.717, 1.165) is 31.6 Å². The lowest BCUT2D eigenvalue weighted by atomic mass is 9.94. The average Bonchev–Trinajstić information content (AvgIpc) is 3.10. The standard InChI is InChI=1S/C19H25N7OS/c1-19(2,3)25-16(27)15-12-28-18(23-15)24-17-21-8-6-14(22-17)13-5-4-9-26(11-13)10-7-20/h6,8,12-13H,4-5,9-11H2,1-3H3,(H,25,27)(H,21,22,23,24)/t13-/m0/s1. The Bertz CT molecular complexity index is 868. The first-order valence-electron chi connectivity index (χ1n) is 9.31. The predicted octanol–water partition coefficient (Wildman–Crippen LogP) is 2.91. The molecule has 0 aromatic carbocycles. The molecule has 0 aliphatic carbocycles. The Labute approximate surface area is 169 Å². The van der Waals surface area contributed by atoms with Crippen LogP contribution in [0, 0.1) is 11.3 Å². The zero-order valence-corrected chi connectivity index (χ0v) is 17.2. The van der Waals surface area contributed by atoms with Crippen molar-refractivity contribution in [3.63, 3.8) is 0 Å². The summed E-state index contributed by atoms with van der Waals surface area (Å²) >= 11 is 1.34. The molecule has 0 radical (unpaired) electrons. The fourth-order valence-electron chi connectivity index (χ4n) is 3.14. The number of hydrogen-bond donors (Lipinski definition) is 2. The van der Waals surface area contributed by atoms with Gasteiger partial charge in [-0.2, -0.15) is 5.26 Å². The predicted molar refractivity (Wildman–Crippen MR) is 109 cm³/mol. The number of aromatic nitrogens is 3. The maximum atomic E-state index is 12.2. The van der Waals surface area contributed by atoms with Crippen molar-refractivity contribution in [2.24, 2.45) is 0 Å².